The summed E-state index contributed by atoms with van der Waals surface area (Å²) in [6.45, 7) is 6.67. The van der Waals surface area contributed by atoms with Crippen molar-refractivity contribution in [3.63, 3.8) is 0 Å². The minimum atomic E-state index is -1.78. The van der Waals surface area contributed by atoms with Crippen LogP contribution in [0.2, 0.25) is 0 Å². The molecule has 0 radical (unpaired) electrons. The van der Waals surface area contributed by atoms with Crippen molar-refractivity contribution in [2.24, 2.45) is 5.92 Å². The number of nitrogens with zero attached hydrogens (tertiary/aromatic N) is 1. The molecule has 11 nitrogen and oxygen atoms in total. The molecule has 1 fully saturated rings. The van der Waals surface area contributed by atoms with Crippen LogP contribution in [0.1, 0.15) is 57.4 Å². The second kappa shape index (κ2) is 12.9. The highest BCUT2D eigenvalue weighted by Crippen LogP contribution is 2.29. The molecule has 4 N–H and O–H groups in total. The van der Waals surface area contributed by atoms with Gasteiger partial charge in [-0.2, -0.15) is 0 Å². The molecule has 0 aliphatic carbocycles. The summed E-state index contributed by atoms with van der Waals surface area (Å²) in [5, 5.41) is 25.3. The van der Waals surface area contributed by atoms with Crippen LogP contribution in [0.15, 0.2) is 48.5 Å². The largest absolute Gasteiger partial charge is 0.552 e. The zero-order valence-corrected chi connectivity index (χ0v) is 22.4. The van der Waals surface area contributed by atoms with Crippen molar-refractivity contribution >= 4 is 30.9 Å². The third-order valence-electron chi connectivity index (χ3n) is 6.46. The van der Waals surface area contributed by atoms with Crippen molar-refractivity contribution in [2.45, 2.75) is 70.6 Å². The summed E-state index contributed by atoms with van der Waals surface area (Å²) in [5.74, 6) is -4.45. The van der Waals surface area contributed by atoms with E-state index in [1.807, 2.05) is 44.2 Å². The first-order valence-electron chi connectivity index (χ1n) is 12.9. The van der Waals surface area contributed by atoms with E-state index < -0.39 is 61.0 Å². The van der Waals surface area contributed by atoms with Crippen molar-refractivity contribution in [3.05, 3.63) is 54.2 Å². The second-order valence-electron chi connectivity index (χ2n) is 10.0. The number of pyridine rings is 1. The Morgan fingerprint density at radius 3 is 2.36 bits per heavy atom. The maximum atomic E-state index is 13.3. The predicted molar refractivity (Wildman–Crippen MR) is 142 cm³/mol. The molecule has 208 valence electrons. The molecule has 1 aromatic carbocycles. The first-order chi connectivity index (χ1) is 18.5. The Balaban J connectivity index is 1.79. The van der Waals surface area contributed by atoms with Crippen LogP contribution in [0.5, 0.6) is 0 Å². The van der Waals surface area contributed by atoms with Gasteiger partial charge in [-0.25, -0.2) is 9.78 Å². The molecule has 2 aromatic rings. The van der Waals surface area contributed by atoms with Crippen molar-refractivity contribution < 1.29 is 38.7 Å². The average molecular weight is 539 g/mol. The van der Waals surface area contributed by atoms with Crippen LogP contribution in [0.4, 0.5) is 0 Å². The molecule has 1 aliphatic heterocycles. The zero-order valence-electron chi connectivity index (χ0n) is 22.4. The van der Waals surface area contributed by atoms with Gasteiger partial charge in [0.15, 0.2) is 5.60 Å². The van der Waals surface area contributed by atoms with Crippen molar-refractivity contribution in [2.75, 3.05) is 0 Å². The summed E-state index contributed by atoms with van der Waals surface area (Å²) in [6, 6.07) is 12.8. The molecule has 1 saturated heterocycles. The number of rotatable bonds is 11. The number of aliphatic hydroxyl groups excluding tert-OH is 1. The Morgan fingerprint density at radius 2 is 1.77 bits per heavy atom. The van der Waals surface area contributed by atoms with Gasteiger partial charge in [0.25, 0.3) is 11.9 Å². The van der Waals surface area contributed by atoms with E-state index >= 15 is 0 Å². The topological polar surface area (TPSA) is 164 Å². The number of carbonyl (C=O) groups excluding carboxylic acids is 3. The summed E-state index contributed by atoms with van der Waals surface area (Å²) in [7, 11) is -1.37. The molecular weight excluding hydrogens is 505 g/mol. The molecule has 3 rings (SSSR count). The van der Waals surface area contributed by atoms with Gasteiger partial charge in [-0.3, -0.25) is 14.4 Å². The Bertz CT molecular complexity index is 1190. The number of aliphatic hydroxyl groups is 1. The van der Waals surface area contributed by atoms with E-state index in [1.54, 1.807) is 19.1 Å². The third-order valence-corrected chi connectivity index (χ3v) is 6.46. The van der Waals surface area contributed by atoms with Crippen LogP contribution < -0.4 is 10.6 Å². The second-order valence-corrected chi connectivity index (χ2v) is 10.0. The number of hydrogen-bond acceptors (Lipinski definition) is 8. The number of nitrogens with one attached hydrogen (secondary N) is 2. The number of aliphatic carboxylic acids is 1. The fraction of sp³-hybridized carbons (Fsp3) is 0.444. The molecule has 1 aromatic heterocycles. The lowest BCUT2D eigenvalue weighted by molar-refractivity contribution is -0.171. The molecule has 0 spiro atoms. The highest BCUT2D eigenvalue weighted by molar-refractivity contribution is 6.50. The minimum Gasteiger partial charge on any atom is -0.508 e. The van der Waals surface area contributed by atoms with Gasteiger partial charge in [0.2, 0.25) is 5.91 Å². The smallest absolute Gasteiger partial charge is 0.508 e. The van der Waals surface area contributed by atoms with E-state index in [-0.39, 0.29) is 24.5 Å². The first-order valence-corrected chi connectivity index (χ1v) is 12.9. The number of carboxylic acids is 1. The molecule has 2 heterocycles. The predicted octanol–water partition coefficient (Wildman–Crippen LogP) is 1.98. The van der Waals surface area contributed by atoms with E-state index in [0.717, 1.165) is 5.56 Å². The third kappa shape index (κ3) is 7.42. The van der Waals surface area contributed by atoms with E-state index in [0.29, 0.717) is 5.69 Å². The molecular formula is C27H34BN3O8. The first kappa shape index (κ1) is 29.8. The van der Waals surface area contributed by atoms with Crippen LogP contribution >= 0.6 is 0 Å². The van der Waals surface area contributed by atoms with Crippen LogP contribution in [0, 0.1) is 5.92 Å². The Labute approximate surface area is 227 Å². The molecule has 0 saturated carbocycles. The van der Waals surface area contributed by atoms with Gasteiger partial charge < -0.3 is 30.2 Å². The summed E-state index contributed by atoms with van der Waals surface area (Å²) >= 11 is 0. The summed E-state index contributed by atoms with van der Waals surface area (Å²) in [5.41, 5.74) is -0.368. The Kier molecular flexibility index (Phi) is 9.82. The molecule has 39 heavy (non-hydrogen) atoms. The van der Waals surface area contributed by atoms with Crippen molar-refractivity contribution in [1.29, 1.82) is 0 Å². The van der Waals surface area contributed by atoms with Gasteiger partial charge in [0, 0.05) is 5.56 Å². The van der Waals surface area contributed by atoms with Gasteiger partial charge in [0.1, 0.15) is 11.7 Å². The van der Waals surface area contributed by atoms with Crippen LogP contribution in [-0.2, 0) is 23.7 Å². The van der Waals surface area contributed by atoms with Crippen LogP contribution in [0.25, 0.3) is 11.3 Å². The fourth-order valence-corrected chi connectivity index (χ4v) is 4.31. The maximum Gasteiger partial charge on any atom is 0.552 e. The number of amides is 2. The average Bonchev–Trinajstić information content (AvgIpc) is 2.90. The SMILES string of the molecule is CCC1(C(=O)O)CC(=O)OB([C@H](CC(C)C)NC(=O)[C@@H](NC(=O)c2cccc(-c3ccccc3)n2)[C@@H](C)O)O1. The molecule has 1 aliphatic rings. The van der Waals surface area contributed by atoms with E-state index in [1.165, 1.54) is 13.0 Å². The van der Waals surface area contributed by atoms with E-state index in [9.17, 15) is 29.4 Å². The van der Waals surface area contributed by atoms with Gasteiger partial charge in [-0.05, 0) is 37.8 Å². The number of carbonyl (C=O) groups is 4. The quantitative estimate of drug-likeness (QED) is 0.313. The summed E-state index contributed by atoms with van der Waals surface area (Å²) in [4.78, 5) is 55.0. The number of hydrogen-bond donors (Lipinski definition) is 4. The summed E-state index contributed by atoms with van der Waals surface area (Å²) in [6.07, 6.45) is -1.48. The minimum absolute atomic E-state index is 0.00935. The monoisotopic (exact) mass is 539 g/mol. The highest BCUT2D eigenvalue weighted by atomic mass is 16.6. The Morgan fingerprint density at radius 1 is 1.08 bits per heavy atom. The number of benzene rings is 1. The van der Waals surface area contributed by atoms with Crippen molar-refractivity contribution in [1.82, 2.24) is 15.6 Å². The zero-order chi connectivity index (χ0) is 28.7. The molecule has 0 bridgehead atoms. The maximum absolute atomic E-state index is 13.3. The Hall–Kier alpha value is -3.77. The van der Waals surface area contributed by atoms with E-state index in [2.05, 4.69) is 15.6 Å². The molecule has 1 unspecified atom stereocenters. The molecule has 4 atom stereocenters. The van der Waals surface area contributed by atoms with Gasteiger partial charge in [-0.1, -0.05) is 57.2 Å². The number of carboxylic acid groups (broad SMARTS) is 1. The lowest BCUT2D eigenvalue weighted by Crippen LogP contribution is -2.63. The molecule has 12 heteroatoms. The van der Waals surface area contributed by atoms with Crippen LogP contribution in [-0.4, -0.2) is 69.8 Å². The van der Waals surface area contributed by atoms with Crippen molar-refractivity contribution in [3.8, 4) is 11.3 Å². The standard InChI is InChI=1S/C27H34BN3O8/c1-5-27(26(36)37)15-22(33)38-28(39-27)21(14-16(2)3)30-25(35)23(17(4)32)31-24(34)20-13-9-12-19(29-20)18-10-7-6-8-11-18/h6-13,16-17,21,23,32H,5,14-15H2,1-4H3,(H,30,35)(H,31,34)(H,36,37)/t17-,21+,23+,27?/m1/s1. The lowest BCUT2D eigenvalue weighted by Gasteiger charge is -2.38. The molecule has 2 amide bonds. The summed E-state index contributed by atoms with van der Waals surface area (Å²) < 4.78 is 11.1. The number of aromatic nitrogens is 1. The van der Waals surface area contributed by atoms with Gasteiger partial charge >= 0.3 is 13.1 Å². The van der Waals surface area contributed by atoms with Gasteiger partial charge in [0.05, 0.1) is 24.2 Å². The van der Waals surface area contributed by atoms with Crippen LogP contribution in [0.3, 0.4) is 0 Å². The van der Waals surface area contributed by atoms with Gasteiger partial charge in [-0.15, -0.1) is 0 Å². The van der Waals surface area contributed by atoms with E-state index in [4.69, 9.17) is 9.31 Å². The highest BCUT2D eigenvalue weighted by Gasteiger charge is 2.53. The normalized spacial score (nSPS) is 19.5. The fourth-order valence-electron chi connectivity index (χ4n) is 4.31. The lowest BCUT2D eigenvalue weighted by atomic mass is 9.70.